The quantitative estimate of drug-likeness (QED) is 0.128. The molecule has 326 valence electrons. The van der Waals surface area contributed by atoms with Crippen LogP contribution < -0.4 is 19.3 Å². The molecule has 10 aromatic carbocycles. The summed E-state index contributed by atoms with van der Waals surface area (Å²) in [5.41, 5.74) is 13.5. The van der Waals surface area contributed by atoms with Crippen molar-refractivity contribution in [3.8, 4) is 45.3 Å². The Kier molecular flexibility index (Phi) is 8.20. The number of ether oxygens (including phenoxy) is 2. The first kappa shape index (κ1) is 38.4. The predicted molar refractivity (Wildman–Crippen MR) is 283 cm³/mol. The summed E-state index contributed by atoms with van der Waals surface area (Å²) < 4.78 is 12.9. The van der Waals surface area contributed by atoms with E-state index in [1.54, 1.807) is 0 Å². The average molecular weight is 897 g/mol. The van der Waals surface area contributed by atoms with Crippen molar-refractivity contribution < 1.29 is 9.47 Å². The predicted octanol–water partition coefficient (Wildman–Crippen LogP) is 16.7. The number of pyridine rings is 2. The molecule has 0 spiro atoms. The lowest BCUT2D eigenvalue weighted by Crippen LogP contribution is -2.16. The molecule has 0 amide bonds. The molecule has 5 heterocycles. The Balaban J connectivity index is 1.04. The Labute approximate surface area is 400 Å². The van der Waals surface area contributed by atoms with Crippen LogP contribution in [0.3, 0.4) is 0 Å². The number of aromatic nitrogens is 4. The number of fused-ring (bicyclic) bond motifs is 16. The van der Waals surface area contributed by atoms with E-state index in [0.29, 0.717) is 0 Å². The monoisotopic (exact) mass is 896 g/mol. The van der Waals surface area contributed by atoms with E-state index in [9.17, 15) is 0 Å². The van der Waals surface area contributed by atoms with Crippen LogP contribution in [-0.4, -0.2) is 19.9 Å². The van der Waals surface area contributed by atoms with Crippen LogP contribution in [0.4, 0.5) is 34.1 Å². The van der Waals surface area contributed by atoms with Gasteiger partial charge >= 0.3 is 0 Å². The molecule has 0 bridgehead atoms. The molecule has 2 aliphatic heterocycles. The van der Waals surface area contributed by atoms with Crippen molar-refractivity contribution in [1.29, 1.82) is 0 Å². The van der Waals surface area contributed by atoms with E-state index in [4.69, 9.17) is 19.4 Å². The molecule has 3 aromatic heterocycles. The van der Waals surface area contributed by atoms with Crippen LogP contribution in [-0.2, 0) is 0 Å². The van der Waals surface area contributed by atoms with Crippen molar-refractivity contribution in [2.45, 2.75) is 0 Å². The Bertz CT molecular complexity index is 3960. The van der Waals surface area contributed by atoms with Gasteiger partial charge in [-0.2, -0.15) is 0 Å². The summed E-state index contributed by atoms with van der Waals surface area (Å²) in [6.45, 7) is 0. The van der Waals surface area contributed by atoms with E-state index in [1.807, 2.05) is 85.5 Å². The van der Waals surface area contributed by atoms with Crippen LogP contribution in [0.5, 0.6) is 23.0 Å². The SMILES string of the molecule is c1cncc(-c2ccc3c(c2)c2cc(-c4cccnc4)ccc2c2nc4c5ccc(N6c7ccccc7Oc7ccccc76)cc5c5cc(N6c7ccccc7Oc7ccccc76)ccc5c4nc32)c1. The maximum Gasteiger partial charge on any atom is 0.151 e. The Morgan fingerprint density at radius 2 is 0.629 bits per heavy atom. The number of nitrogens with zero attached hydrogens (tertiary/aromatic N) is 6. The lowest BCUT2D eigenvalue weighted by molar-refractivity contribution is 0.477. The van der Waals surface area contributed by atoms with E-state index in [1.165, 1.54) is 0 Å². The topological polar surface area (TPSA) is 76.5 Å². The molecular weight excluding hydrogens is 861 g/mol. The van der Waals surface area contributed by atoms with Crippen LogP contribution in [0.2, 0.25) is 0 Å². The number of para-hydroxylation sites is 8. The van der Waals surface area contributed by atoms with E-state index in [2.05, 4.69) is 153 Å². The van der Waals surface area contributed by atoms with E-state index in [0.717, 1.165) is 145 Å². The molecule has 0 N–H and O–H groups in total. The highest BCUT2D eigenvalue weighted by Gasteiger charge is 2.29. The summed E-state index contributed by atoms with van der Waals surface area (Å²) in [6, 6.07) is 67.9. The molecule has 8 nitrogen and oxygen atoms in total. The van der Waals surface area contributed by atoms with Gasteiger partial charge in [-0.1, -0.05) is 97.1 Å². The van der Waals surface area contributed by atoms with Crippen molar-refractivity contribution in [2.24, 2.45) is 0 Å². The smallest absolute Gasteiger partial charge is 0.151 e. The maximum atomic E-state index is 6.47. The first-order valence-electron chi connectivity index (χ1n) is 23.3. The van der Waals surface area contributed by atoms with Gasteiger partial charge in [-0.3, -0.25) is 9.97 Å². The van der Waals surface area contributed by atoms with E-state index in [-0.39, 0.29) is 0 Å². The van der Waals surface area contributed by atoms with Gasteiger partial charge in [0.1, 0.15) is 0 Å². The second-order valence-corrected chi connectivity index (χ2v) is 17.8. The van der Waals surface area contributed by atoms with E-state index >= 15 is 0 Å². The third-order valence-electron chi connectivity index (χ3n) is 13.9. The second kappa shape index (κ2) is 14.9. The van der Waals surface area contributed by atoms with Gasteiger partial charge in [0.2, 0.25) is 0 Å². The molecule has 2 aliphatic rings. The largest absolute Gasteiger partial charge is 0.453 e. The Morgan fingerprint density at radius 1 is 0.286 bits per heavy atom. The summed E-state index contributed by atoms with van der Waals surface area (Å²) >= 11 is 0. The van der Waals surface area contributed by atoms with Crippen molar-refractivity contribution in [1.82, 2.24) is 19.9 Å². The van der Waals surface area contributed by atoms with E-state index < -0.39 is 0 Å². The van der Waals surface area contributed by atoms with Gasteiger partial charge in [-0.05, 0) is 130 Å². The number of hydrogen-bond donors (Lipinski definition) is 0. The molecule has 15 rings (SSSR count). The van der Waals surface area contributed by atoms with Crippen LogP contribution >= 0.6 is 0 Å². The van der Waals surface area contributed by atoms with Gasteiger partial charge in [-0.25, -0.2) is 9.97 Å². The minimum Gasteiger partial charge on any atom is -0.453 e. The second-order valence-electron chi connectivity index (χ2n) is 17.8. The summed E-state index contributed by atoms with van der Waals surface area (Å²) in [6.07, 6.45) is 7.46. The lowest BCUT2D eigenvalue weighted by atomic mass is 9.93. The van der Waals surface area contributed by atoms with Gasteiger partial charge in [0.05, 0.1) is 44.8 Å². The van der Waals surface area contributed by atoms with Gasteiger partial charge in [0, 0.05) is 68.8 Å². The highest BCUT2D eigenvalue weighted by atomic mass is 16.5. The number of hydrogen-bond acceptors (Lipinski definition) is 8. The fourth-order valence-electron chi connectivity index (χ4n) is 10.7. The zero-order valence-corrected chi connectivity index (χ0v) is 37.3. The normalized spacial score (nSPS) is 12.7. The molecule has 8 heteroatoms. The molecule has 70 heavy (non-hydrogen) atoms. The van der Waals surface area contributed by atoms with Crippen molar-refractivity contribution in [3.63, 3.8) is 0 Å². The molecule has 0 atom stereocenters. The molecule has 0 radical (unpaired) electrons. The van der Waals surface area contributed by atoms with Crippen molar-refractivity contribution in [3.05, 3.63) is 219 Å². The van der Waals surface area contributed by atoms with Gasteiger partial charge in [0.15, 0.2) is 23.0 Å². The molecule has 0 fully saturated rings. The van der Waals surface area contributed by atoms with Crippen LogP contribution in [0.1, 0.15) is 0 Å². The summed E-state index contributed by atoms with van der Waals surface area (Å²) in [5.74, 6) is 3.19. The Hall–Kier alpha value is -9.66. The highest BCUT2D eigenvalue weighted by molar-refractivity contribution is 6.29. The summed E-state index contributed by atoms with van der Waals surface area (Å²) in [4.78, 5) is 25.0. The van der Waals surface area contributed by atoms with Crippen LogP contribution in [0, 0.1) is 0 Å². The average Bonchev–Trinajstić information content (AvgIpc) is 3.43. The third-order valence-corrected chi connectivity index (χ3v) is 13.9. The maximum absolute atomic E-state index is 6.47. The van der Waals surface area contributed by atoms with Crippen LogP contribution in [0.25, 0.3) is 87.4 Å². The fourth-order valence-corrected chi connectivity index (χ4v) is 10.7. The first-order chi connectivity index (χ1) is 34.7. The first-order valence-corrected chi connectivity index (χ1v) is 23.3. The minimum absolute atomic E-state index is 0.798. The zero-order chi connectivity index (χ0) is 45.9. The standard InChI is InChI=1S/C62H36N6O2/c1-5-17-55-51(13-1)67(52-14-2-6-18-56(52)69-55)41-23-27-45-49(33-41)50-34-42(68-53-15-3-7-19-57(53)70-58-20-8-4-16-54(58)68)24-28-46(50)62-61(45)65-59-43-25-21-37(39-11-9-29-63-35-39)31-47(43)48-32-38(40-12-10-30-64-36-40)22-26-44(48)60(59)66-62/h1-36H. The molecule has 0 saturated carbocycles. The number of anilines is 6. The highest BCUT2D eigenvalue weighted by Crippen LogP contribution is 2.53. The molecule has 0 saturated heterocycles. The molecule has 0 unspecified atom stereocenters. The van der Waals surface area contributed by atoms with Gasteiger partial charge < -0.3 is 19.3 Å². The Morgan fingerprint density at radius 3 is 0.986 bits per heavy atom. The third kappa shape index (κ3) is 5.77. The molecular formula is C62H36N6O2. The summed E-state index contributed by atoms with van der Waals surface area (Å²) in [7, 11) is 0. The van der Waals surface area contributed by atoms with Crippen molar-refractivity contribution in [2.75, 3.05) is 9.80 Å². The minimum atomic E-state index is 0.798. The zero-order valence-electron chi connectivity index (χ0n) is 37.3. The van der Waals surface area contributed by atoms with Crippen LogP contribution in [0.15, 0.2) is 219 Å². The fraction of sp³-hybridized carbons (Fsp3) is 0. The number of rotatable bonds is 4. The van der Waals surface area contributed by atoms with Gasteiger partial charge in [-0.15, -0.1) is 0 Å². The number of benzene rings is 10. The summed E-state index contributed by atoms with van der Waals surface area (Å²) in [5, 5.41) is 8.35. The van der Waals surface area contributed by atoms with Gasteiger partial charge in [0.25, 0.3) is 0 Å². The molecule has 0 aliphatic carbocycles. The lowest BCUT2D eigenvalue weighted by Gasteiger charge is -2.33. The van der Waals surface area contributed by atoms with Crippen molar-refractivity contribution >= 4 is 99.3 Å². The molecule has 13 aromatic rings.